The molecule has 12 heavy (non-hydrogen) atoms. The molecule has 1 aromatic rings. The van der Waals surface area contributed by atoms with Gasteiger partial charge in [-0.2, -0.15) is 0 Å². The van der Waals surface area contributed by atoms with Crippen molar-refractivity contribution < 1.29 is 21.5 Å². The van der Waals surface area contributed by atoms with Gasteiger partial charge in [-0.25, -0.2) is 9.13 Å². The van der Waals surface area contributed by atoms with Crippen LogP contribution in [0.25, 0.3) is 0 Å². The smallest absolute Gasteiger partial charge is 0.243 e. The molecule has 3 nitrogen and oxygen atoms in total. The lowest BCUT2D eigenvalue weighted by atomic mass is 10.6. The summed E-state index contributed by atoms with van der Waals surface area (Å²) in [6, 6.07) is 0. The van der Waals surface area contributed by atoms with Gasteiger partial charge < -0.3 is 21.9 Å². The molecule has 4 heteroatoms. The van der Waals surface area contributed by atoms with Gasteiger partial charge in [0.05, 0.1) is 7.05 Å². The molecule has 1 rings (SSSR count). The molecule has 0 aromatic carbocycles. The summed E-state index contributed by atoms with van der Waals surface area (Å²) < 4.78 is 4.23. The minimum Gasteiger partial charge on any atom is -1.00 e. The van der Waals surface area contributed by atoms with Gasteiger partial charge in [0.1, 0.15) is 18.9 Å². The molecule has 0 amide bonds. The van der Waals surface area contributed by atoms with Crippen LogP contribution in [-0.2, 0) is 13.6 Å². The Morgan fingerprint density at radius 1 is 1.42 bits per heavy atom. The van der Waals surface area contributed by atoms with Crippen molar-refractivity contribution in [1.29, 1.82) is 0 Å². The van der Waals surface area contributed by atoms with E-state index in [-0.39, 0.29) is 17.0 Å². The van der Waals surface area contributed by atoms with Crippen molar-refractivity contribution in [2.24, 2.45) is 7.05 Å². The number of imidazole rings is 1. The maximum atomic E-state index is 2.18. The van der Waals surface area contributed by atoms with Crippen molar-refractivity contribution in [2.45, 2.75) is 6.54 Å². The standard InChI is InChI=1S/C8H16N3.BrH/c1-9(2)4-6-11-7-5-10(3)8-11;/h5,7-8H,4,6H2,1-3H3;1H/q+1;/p-1. The van der Waals surface area contributed by atoms with E-state index >= 15 is 0 Å². The molecule has 0 bridgehead atoms. The molecule has 1 aromatic heterocycles. The van der Waals surface area contributed by atoms with Gasteiger partial charge in [0.2, 0.25) is 6.33 Å². The Kier molecular flexibility index (Phi) is 5.17. The highest BCUT2D eigenvalue weighted by Crippen LogP contribution is 1.78. The second-order valence-electron chi connectivity index (χ2n) is 3.12. The van der Waals surface area contributed by atoms with Crippen molar-refractivity contribution in [3.8, 4) is 0 Å². The monoisotopic (exact) mass is 233 g/mol. The highest BCUT2D eigenvalue weighted by Gasteiger charge is 1.98. The van der Waals surface area contributed by atoms with Crippen LogP contribution in [0.3, 0.4) is 0 Å². The predicted molar refractivity (Wildman–Crippen MR) is 44.2 cm³/mol. The zero-order valence-electron chi connectivity index (χ0n) is 7.87. The van der Waals surface area contributed by atoms with Gasteiger partial charge >= 0.3 is 0 Å². The molecule has 0 radical (unpaired) electrons. The summed E-state index contributed by atoms with van der Waals surface area (Å²) in [5.74, 6) is 0. The second-order valence-corrected chi connectivity index (χ2v) is 3.12. The first-order valence-electron chi connectivity index (χ1n) is 3.84. The fourth-order valence-corrected chi connectivity index (χ4v) is 0.949. The van der Waals surface area contributed by atoms with Crippen LogP contribution < -0.4 is 21.5 Å². The summed E-state index contributed by atoms with van der Waals surface area (Å²) in [6.07, 6.45) is 6.22. The first kappa shape index (κ1) is 11.6. The van der Waals surface area contributed by atoms with E-state index in [2.05, 4.69) is 46.9 Å². The number of aromatic nitrogens is 2. The number of likely N-dealkylation sites (N-methyl/N-ethyl adjacent to an activating group) is 1. The van der Waals surface area contributed by atoms with E-state index in [1.54, 1.807) is 0 Å². The van der Waals surface area contributed by atoms with Crippen molar-refractivity contribution >= 4 is 0 Å². The molecule has 0 N–H and O–H groups in total. The Morgan fingerprint density at radius 2 is 2.08 bits per heavy atom. The molecule has 0 spiro atoms. The number of rotatable bonds is 3. The molecule has 0 aliphatic carbocycles. The average molecular weight is 234 g/mol. The Labute approximate surface area is 84.4 Å². The molecule has 0 aliphatic heterocycles. The first-order chi connectivity index (χ1) is 5.18. The molecule has 0 fully saturated rings. The number of aryl methyl sites for hydroxylation is 1. The molecule has 0 aliphatic rings. The summed E-state index contributed by atoms with van der Waals surface area (Å²) in [6.45, 7) is 2.16. The predicted octanol–water partition coefficient (Wildman–Crippen LogP) is -3.12. The highest BCUT2D eigenvalue weighted by atomic mass is 79.9. The molecule has 0 unspecified atom stereocenters. The fraction of sp³-hybridized carbons (Fsp3) is 0.625. The summed E-state index contributed by atoms with van der Waals surface area (Å²) in [5, 5.41) is 0. The van der Waals surface area contributed by atoms with Crippen LogP contribution in [0.5, 0.6) is 0 Å². The van der Waals surface area contributed by atoms with Crippen molar-refractivity contribution in [3.05, 3.63) is 18.7 Å². The van der Waals surface area contributed by atoms with Crippen molar-refractivity contribution in [1.82, 2.24) is 9.47 Å². The van der Waals surface area contributed by atoms with Gasteiger partial charge in [0.15, 0.2) is 0 Å². The molecule has 0 atom stereocenters. The average Bonchev–Trinajstić information content (AvgIpc) is 2.31. The number of halogens is 1. The Balaban J connectivity index is 0.00000121. The first-order valence-corrected chi connectivity index (χ1v) is 3.84. The second kappa shape index (κ2) is 5.32. The maximum Gasteiger partial charge on any atom is 0.243 e. The Hall–Kier alpha value is -0.350. The van der Waals surface area contributed by atoms with E-state index in [1.165, 1.54) is 0 Å². The summed E-state index contributed by atoms with van der Waals surface area (Å²) >= 11 is 0. The molecular weight excluding hydrogens is 218 g/mol. The van der Waals surface area contributed by atoms with Gasteiger partial charge in [-0.05, 0) is 14.1 Å². The van der Waals surface area contributed by atoms with E-state index in [0.717, 1.165) is 13.1 Å². The fourth-order valence-electron chi connectivity index (χ4n) is 0.949. The van der Waals surface area contributed by atoms with Crippen LogP contribution in [0.1, 0.15) is 0 Å². The van der Waals surface area contributed by atoms with Crippen LogP contribution >= 0.6 is 0 Å². The minimum absolute atomic E-state index is 0. The third-order valence-electron chi connectivity index (χ3n) is 1.63. The zero-order valence-corrected chi connectivity index (χ0v) is 9.45. The molecule has 0 saturated heterocycles. The van der Waals surface area contributed by atoms with E-state index in [9.17, 15) is 0 Å². The van der Waals surface area contributed by atoms with Gasteiger partial charge in [0.25, 0.3) is 0 Å². The Bertz CT molecular complexity index is 220. The minimum atomic E-state index is 0. The number of hydrogen-bond acceptors (Lipinski definition) is 1. The normalized spacial score (nSPS) is 10.0. The molecule has 70 valence electrons. The molecule has 0 saturated carbocycles. The van der Waals surface area contributed by atoms with Gasteiger partial charge in [-0.1, -0.05) is 0 Å². The lowest BCUT2D eigenvalue weighted by Crippen LogP contribution is -3.00. The summed E-state index contributed by atoms with van der Waals surface area (Å²) in [7, 11) is 6.21. The van der Waals surface area contributed by atoms with Crippen molar-refractivity contribution in [3.63, 3.8) is 0 Å². The van der Waals surface area contributed by atoms with Gasteiger partial charge in [-0.3, -0.25) is 0 Å². The van der Waals surface area contributed by atoms with Crippen LogP contribution in [0.2, 0.25) is 0 Å². The highest BCUT2D eigenvalue weighted by molar-refractivity contribution is 4.62. The maximum absolute atomic E-state index is 2.18. The van der Waals surface area contributed by atoms with E-state index in [1.807, 2.05) is 7.05 Å². The van der Waals surface area contributed by atoms with E-state index in [4.69, 9.17) is 0 Å². The summed E-state index contributed by atoms with van der Waals surface area (Å²) in [4.78, 5) is 2.18. The van der Waals surface area contributed by atoms with E-state index < -0.39 is 0 Å². The van der Waals surface area contributed by atoms with Gasteiger partial charge in [0, 0.05) is 6.54 Å². The lowest BCUT2D eigenvalue weighted by molar-refractivity contribution is -0.695. The van der Waals surface area contributed by atoms with Crippen LogP contribution in [-0.4, -0.2) is 30.1 Å². The Morgan fingerprint density at radius 3 is 2.50 bits per heavy atom. The SMILES string of the molecule is CN(C)CC[n+]1ccn(C)c1.[Br-]. The van der Waals surface area contributed by atoms with Crippen LogP contribution in [0.4, 0.5) is 0 Å². The third kappa shape index (κ3) is 3.88. The van der Waals surface area contributed by atoms with Crippen LogP contribution in [0.15, 0.2) is 18.7 Å². The number of hydrogen-bond donors (Lipinski definition) is 0. The van der Waals surface area contributed by atoms with E-state index in [0.29, 0.717) is 0 Å². The molecular formula is C8H16BrN3. The number of nitrogens with zero attached hydrogens (tertiary/aromatic N) is 3. The lowest BCUT2D eigenvalue weighted by Gasteiger charge is -2.05. The quantitative estimate of drug-likeness (QED) is 0.504. The largest absolute Gasteiger partial charge is 1.00 e. The van der Waals surface area contributed by atoms with Crippen LogP contribution in [0, 0.1) is 0 Å². The zero-order chi connectivity index (χ0) is 8.27. The summed E-state index contributed by atoms with van der Waals surface area (Å²) in [5.41, 5.74) is 0. The van der Waals surface area contributed by atoms with Crippen molar-refractivity contribution in [2.75, 3.05) is 20.6 Å². The third-order valence-corrected chi connectivity index (χ3v) is 1.63. The molecule has 1 heterocycles. The topological polar surface area (TPSA) is 12.1 Å². The van der Waals surface area contributed by atoms with Gasteiger partial charge in [-0.15, -0.1) is 0 Å².